The average molecular weight is 296 g/mol. The number of sulfonamides is 1. The summed E-state index contributed by atoms with van der Waals surface area (Å²) >= 11 is 0. The van der Waals surface area contributed by atoms with Gasteiger partial charge in [-0.05, 0) is 19.1 Å². The van der Waals surface area contributed by atoms with E-state index in [9.17, 15) is 8.42 Å². The van der Waals surface area contributed by atoms with Crippen LogP contribution < -0.4 is 15.2 Å². The van der Waals surface area contributed by atoms with Gasteiger partial charge in [0.15, 0.2) is 0 Å². The molecule has 7 heteroatoms. The number of rotatable bonds is 5. The smallest absolute Gasteiger partial charge is 0.265 e. The van der Waals surface area contributed by atoms with Crippen molar-refractivity contribution >= 4 is 15.7 Å². The third-order valence-electron chi connectivity index (χ3n) is 2.74. The number of anilines is 1. The first-order chi connectivity index (χ1) is 9.46. The molecule has 0 aliphatic rings. The van der Waals surface area contributed by atoms with Crippen LogP contribution in [0.3, 0.4) is 0 Å². The molecule has 0 unspecified atom stereocenters. The van der Waals surface area contributed by atoms with Gasteiger partial charge in [0, 0.05) is 12.1 Å². The van der Waals surface area contributed by atoms with Gasteiger partial charge in [-0.2, -0.15) is 0 Å². The molecule has 2 rings (SSSR count). The zero-order valence-corrected chi connectivity index (χ0v) is 12.0. The van der Waals surface area contributed by atoms with Crippen LogP contribution in [0.4, 0.5) is 5.69 Å². The molecular formula is C13H16N2O4S. The summed E-state index contributed by atoms with van der Waals surface area (Å²) in [7, 11) is -2.20. The van der Waals surface area contributed by atoms with Crippen molar-refractivity contribution in [1.29, 1.82) is 0 Å². The molecule has 3 N–H and O–H groups in total. The number of benzene rings is 1. The number of methoxy groups -OCH3 is 1. The Bertz CT molecular complexity index is 707. The van der Waals surface area contributed by atoms with Crippen LogP contribution in [-0.4, -0.2) is 15.5 Å². The molecule has 108 valence electrons. The second-order valence-electron chi connectivity index (χ2n) is 4.17. The zero-order valence-electron chi connectivity index (χ0n) is 11.2. The molecule has 0 saturated heterocycles. The Morgan fingerprint density at radius 1 is 1.35 bits per heavy atom. The summed E-state index contributed by atoms with van der Waals surface area (Å²) in [5, 5.41) is 0. The van der Waals surface area contributed by atoms with E-state index in [1.807, 2.05) is 0 Å². The van der Waals surface area contributed by atoms with E-state index in [1.165, 1.54) is 13.2 Å². The van der Waals surface area contributed by atoms with Crippen molar-refractivity contribution in [3.05, 3.63) is 41.9 Å². The Morgan fingerprint density at radius 2 is 2.10 bits per heavy atom. The molecule has 1 aromatic carbocycles. The lowest BCUT2D eigenvalue weighted by atomic mass is 10.3. The van der Waals surface area contributed by atoms with Crippen LogP contribution in [0.15, 0.2) is 39.6 Å². The first-order valence-corrected chi connectivity index (χ1v) is 7.41. The predicted molar refractivity (Wildman–Crippen MR) is 75.1 cm³/mol. The van der Waals surface area contributed by atoms with Crippen molar-refractivity contribution in [3.8, 4) is 5.75 Å². The topological polar surface area (TPSA) is 94.6 Å². The highest BCUT2D eigenvalue weighted by Gasteiger charge is 2.21. The molecule has 6 nitrogen and oxygen atoms in total. The Balaban J connectivity index is 2.32. The maximum atomic E-state index is 12.3. The third-order valence-corrected chi connectivity index (χ3v) is 4.22. The maximum absolute atomic E-state index is 12.3. The fourth-order valence-corrected chi connectivity index (χ4v) is 3.04. The highest BCUT2D eigenvalue weighted by molar-refractivity contribution is 7.92. The van der Waals surface area contributed by atoms with Crippen molar-refractivity contribution in [1.82, 2.24) is 0 Å². The van der Waals surface area contributed by atoms with E-state index in [-0.39, 0.29) is 11.4 Å². The van der Waals surface area contributed by atoms with E-state index in [0.717, 1.165) is 0 Å². The van der Waals surface area contributed by atoms with Crippen LogP contribution in [-0.2, 0) is 16.6 Å². The SMILES string of the molecule is COc1cccc(NS(=O)(=O)c2cc(CN)oc2C)c1. The van der Waals surface area contributed by atoms with Gasteiger partial charge >= 0.3 is 0 Å². The molecule has 1 heterocycles. The normalized spacial score (nSPS) is 11.3. The Morgan fingerprint density at radius 3 is 2.70 bits per heavy atom. The largest absolute Gasteiger partial charge is 0.497 e. The summed E-state index contributed by atoms with van der Waals surface area (Å²) in [6.07, 6.45) is 0. The van der Waals surface area contributed by atoms with Gasteiger partial charge in [0.25, 0.3) is 10.0 Å². The number of hydrogen-bond acceptors (Lipinski definition) is 5. The van der Waals surface area contributed by atoms with Crippen LogP contribution in [0.2, 0.25) is 0 Å². The van der Waals surface area contributed by atoms with E-state index in [0.29, 0.717) is 23.0 Å². The summed E-state index contributed by atoms with van der Waals surface area (Å²) in [6.45, 7) is 1.73. The molecular weight excluding hydrogens is 280 g/mol. The number of aryl methyl sites for hydroxylation is 1. The lowest BCUT2D eigenvalue weighted by Gasteiger charge is -2.08. The third kappa shape index (κ3) is 2.94. The lowest BCUT2D eigenvalue weighted by molar-refractivity contribution is 0.415. The average Bonchev–Trinajstić information content (AvgIpc) is 2.80. The number of ether oxygens (including phenoxy) is 1. The summed E-state index contributed by atoms with van der Waals surface area (Å²) in [4.78, 5) is 0.0840. The van der Waals surface area contributed by atoms with E-state index >= 15 is 0 Å². The highest BCUT2D eigenvalue weighted by Crippen LogP contribution is 2.24. The van der Waals surface area contributed by atoms with Crippen molar-refractivity contribution in [2.75, 3.05) is 11.8 Å². The van der Waals surface area contributed by atoms with Gasteiger partial charge in [-0.25, -0.2) is 8.42 Å². The number of furan rings is 1. The van der Waals surface area contributed by atoms with Crippen LogP contribution in [0.5, 0.6) is 5.75 Å². The Labute approximate surface area is 117 Å². The van der Waals surface area contributed by atoms with Crippen LogP contribution in [0, 0.1) is 6.92 Å². The van der Waals surface area contributed by atoms with Gasteiger partial charge in [0.05, 0.1) is 19.3 Å². The second kappa shape index (κ2) is 5.56. The first-order valence-electron chi connectivity index (χ1n) is 5.92. The van der Waals surface area contributed by atoms with Crippen molar-refractivity contribution in [2.24, 2.45) is 5.73 Å². The molecule has 20 heavy (non-hydrogen) atoms. The van der Waals surface area contributed by atoms with Crippen molar-refractivity contribution in [3.63, 3.8) is 0 Å². The zero-order chi connectivity index (χ0) is 14.8. The number of nitrogens with two attached hydrogens (primary N) is 1. The standard InChI is InChI=1S/C13H16N2O4S/c1-9-13(7-12(8-14)19-9)20(16,17)15-10-4-3-5-11(6-10)18-2/h3-7,15H,8,14H2,1-2H3. The molecule has 0 aliphatic heterocycles. The summed E-state index contributed by atoms with van der Waals surface area (Å²) in [5.41, 5.74) is 5.86. The molecule has 0 fully saturated rings. The van der Waals surface area contributed by atoms with Gasteiger partial charge in [0.2, 0.25) is 0 Å². The minimum atomic E-state index is -3.71. The van der Waals surface area contributed by atoms with Gasteiger partial charge in [-0.1, -0.05) is 6.07 Å². The van der Waals surface area contributed by atoms with Gasteiger partial charge in [0.1, 0.15) is 22.2 Å². The second-order valence-corrected chi connectivity index (χ2v) is 5.83. The number of hydrogen-bond donors (Lipinski definition) is 2. The predicted octanol–water partition coefficient (Wildman–Crippen LogP) is 1.86. The molecule has 0 radical (unpaired) electrons. The van der Waals surface area contributed by atoms with Crippen LogP contribution in [0.25, 0.3) is 0 Å². The van der Waals surface area contributed by atoms with Crippen molar-refractivity contribution in [2.45, 2.75) is 18.4 Å². The lowest BCUT2D eigenvalue weighted by Crippen LogP contribution is -2.13. The van der Waals surface area contributed by atoms with Crippen LogP contribution in [0.1, 0.15) is 11.5 Å². The molecule has 0 amide bonds. The molecule has 1 aromatic heterocycles. The minimum Gasteiger partial charge on any atom is -0.497 e. The highest BCUT2D eigenvalue weighted by atomic mass is 32.2. The molecule has 2 aromatic rings. The van der Waals surface area contributed by atoms with Gasteiger partial charge in [-0.15, -0.1) is 0 Å². The summed E-state index contributed by atoms with van der Waals surface area (Å²) in [5.74, 6) is 1.30. The van der Waals surface area contributed by atoms with E-state index in [4.69, 9.17) is 14.9 Å². The molecule has 0 aliphatic carbocycles. The fraction of sp³-hybridized carbons (Fsp3) is 0.231. The van der Waals surface area contributed by atoms with Gasteiger partial charge in [-0.3, -0.25) is 4.72 Å². The first kappa shape index (κ1) is 14.4. The Kier molecular flexibility index (Phi) is 4.01. The monoisotopic (exact) mass is 296 g/mol. The molecule has 0 atom stereocenters. The summed E-state index contributed by atoms with van der Waals surface area (Å²) in [6, 6.07) is 8.09. The minimum absolute atomic E-state index is 0.0840. The quantitative estimate of drug-likeness (QED) is 0.878. The fourth-order valence-electron chi connectivity index (χ4n) is 1.79. The van der Waals surface area contributed by atoms with Gasteiger partial charge < -0.3 is 14.9 Å². The summed E-state index contributed by atoms with van der Waals surface area (Å²) < 4.78 is 37.4. The van der Waals surface area contributed by atoms with E-state index < -0.39 is 10.0 Å². The van der Waals surface area contributed by atoms with Crippen LogP contribution >= 0.6 is 0 Å². The van der Waals surface area contributed by atoms with Crippen molar-refractivity contribution < 1.29 is 17.6 Å². The molecule has 0 saturated carbocycles. The number of nitrogens with one attached hydrogen (secondary N) is 1. The molecule has 0 bridgehead atoms. The maximum Gasteiger partial charge on any atom is 0.265 e. The molecule has 0 spiro atoms. The van der Waals surface area contributed by atoms with E-state index in [2.05, 4.69) is 4.72 Å². The Hall–Kier alpha value is -1.99. The van der Waals surface area contributed by atoms with E-state index in [1.54, 1.807) is 31.2 Å².